The van der Waals surface area contributed by atoms with E-state index in [2.05, 4.69) is 30.0 Å². The van der Waals surface area contributed by atoms with Crippen molar-refractivity contribution in [3.63, 3.8) is 0 Å². The Hall–Kier alpha value is -2.21. The van der Waals surface area contributed by atoms with Crippen LogP contribution in [0.1, 0.15) is 30.4 Å². The van der Waals surface area contributed by atoms with E-state index < -0.39 is 0 Å². The third-order valence-corrected chi connectivity index (χ3v) is 5.08. The molecule has 2 fully saturated rings. The summed E-state index contributed by atoms with van der Waals surface area (Å²) in [6, 6.07) is 8.38. The fraction of sp³-hybridized carbons (Fsp3) is 0.526. The van der Waals surface area contributed by atoms with Gasteiger partial charge in [0.15, 0.2) is 0 Å². The van der Waals surface area contributed by atoms with Gasteiger partial charge in [-0.2, -0.15) is 0 Å². The van der Waals surface area contributed by atoms with Gasteiger partial charge in [-0.3, -0.25) is 24.2 Å². The number of hydrogen-bond donors (Lipinski definition) is 0. The van der Waals surface area contributed by atoms with E-state index in [4.69, 9.17) is 0 Å². The molecule has 2 aliphatic heterocycles. The molecular weight excluding hydrogens is 318 g/mol. The SMILES string of the molecule is Cc1ccccc1CN1CCN(C(=O)CCN2C(=O)CCC2=O)CC1. The minimum Gasteiger partial charge on any atom is -0.340 e. The Balaban J connectivity index is 1.44. The summed E-state index contributed by atoms with van der Waals surface area (Å²) in [5, 5.41) is 0. The number of hydrogen-bond acceptors (Lipinski definition) is 4. The average Bonchev–Trinajstić information content (AvgIpc) is 2.93. The van der Waals surface area contributed by atoms with E-state index in [1.807, 2.05) is 11.0 Å². The summed E-state index contributed by atoms with van der Waals surface area (Å²) in [5.41, 5.74) is 2.62. The van der Waals surface area contributed by atoms with Gasteiger partial charge >= 0.3 is 0 Å². The van der Waals surface area contributed by atoms with E-state index in [1.165, 1.54) is 16.0 Å². The Morgan fingerprint density at radius 1 is 1.00 bits per heavy atom. The Morgan fingerprint density at radius 2 is 1.64 bits per heavy atom. The summed E-state index contributed by atoms with van der Waals surface area (Å²) in [4.78, 5) is 41.0. The van der Waals surface area contributed by atoms with Gasteiger partial charge in [-0.25, -0.2) is 0 Å². The van der Waals surface area contributed by atoms with Gasteiger partial charge in [0.25, 0.3) is 0 Å². The number of rotatable bonds is 5. The van der Waals surface area contributed by atoms with Crippen LogP contribution in [0.4, 0.5) is 0 Å². The van der Waals surface area contributed by atoms with Crippen LogP contribution in [0.25, 0.3) is 0 Å². The van der Waals surface area contributed by atoms with Crippen molar-refractivity contribution in [2.75, 3.05) is 32.7 Å². The number of carbonyl (C=O) groups is 3. The summed E-state index contributed by atoms with van der Waals surface area (Å²) in [5.74, 6) is -0.273. The number of nitrogens with zero attached hydrogens (tertiary/aromatic N) is 3. The van der Waals surface area contributed by atoms with Crippen molar-refractivity contribution in [1.29, 1.82) is 0 Å². The molecule has 6 nitrogen and oxygen atoms in total. The number of carbonyl (C=O) groups excluding carboxylic acids is 3. The third kappa shape index (κ3) is 4.25. The van der Waals surface area contributed by atoms with Crippen LogP contribution in [0.2, 0.25) is 0 Å². The number of aryl methyl sites for hydroxylation is 1. The average molecular weight is 343 g/mol. The van der Waals surface area contributed by atoms with Gasteiger partial charge in [-0.1, -0.05) is 24.3 Å². The van der Waals surface area contributed by atoms with Gasteiger partial charge in [0.05, 0.1) is 0 Å². The predicted octanol–water partition coefficient (Wildman–Crippen LogP) is 1.18. The van der Waals surface area contributed by atoms with Gasteiger partial charge in [0.1, 0.15) is 0 Å². The highest BCUT2D eigenvalue weighted by Crippen LogP contribution is 2.15. The number of benzene rings is 1. The van der Waals surface area contributed by atoms with Crippen molar-refractivity contribution >= 4 is 17.7 Å². The van der Waals surface area contributed by atoms with Crippen LogP contribution in [0.15, 0.2) is 24.3 Å². The van der Waals surface area contributed by atoms with Crippen LogP contribution in [0.3, 0.4) is 0 Å². The lowest BCUT2D eigenvalue weighted by Crippen LogP contribution is -2.49. The van der Waals surface area contributed by atoms with Crippen molar-refractivity contribution in [3.8, 4) is 0 Å². The minimum absolute atomic E-state index is 0.0306. The molecule has 1 aromatic carbocycles. The standard InChI is InChI=1S/C19H25N3O3/c1-15-4-2-3-5-16(15)14-20-10-12-21(13-11-20)17(23)8-9-22-18(24)6-7-19(22)25/h2-5H,6-14H2,1H3. The second-order valence-electron chi connectivity index (χ2n) is 6.77. The topological polar surface area (TPSA) is 60.9 Å². The van der Waals surface area contributed by atoms with E-state index in [0.717, 1.165) is 19.6 Å². The fourth-order valence-corrected chi connectivity index (χ4v) is 3.42. The van der Waals surface area contributed by atoms with Gasteiger partial charge in [-0.15, -0.1) is 0 Å². The molecule has 2 heterocycles. The molecule has 0 saturated carbocycles. The van der Waals surface area contributed by atoms with Crippen LogP contribution < -0.4 is 0 Å². The molecule has 2 aliphatic rings. The first-order valence-electron chi connectivity index (χ1n) is 8.92. The zero-order chi connectivity index (χ0) is 17.8. The normalized spacial score (nSPS) is 18.9. The Morgan fingerprint density at radius 3 is 2.28 bits per heavy atom. The summed E-state index contributed by atoms with van der Waals surface area (Å²) < 4.78 is 0. The first-order valence-corrected chi connectivity index (χ1v) is 8.92. The summed E-state index contributed by atoms with van der Waals surface area (Å²) in [7, 11) is 0. The number of piperazine rings is 1. The summed E-state index contributed by atoms with van der Waals surface area (Å²) in [6.07, 6.45) is 0.796. The lowest BCUT2D eigenvalue weighted by atomic mass is 10.1. The molecule has 0 N–H and O–H groups in total. The van der Waals surface area contributed by atoms with Crippen LogP contribution >= 0.6 is 0 Å². The zero-order valence-electron chi connectivity index (χ0n) is 14.7. The van der Waals surface area contributed by atoms with E-state index in [-0.39, 0.29) is 43.5 Å². The van der Waals surface area contributed by atoms with Crippen molar-refractivity contribution in [2.24, 2.45) is 0 Å². The van der Waals surface area contributed by atoms with Crippen LogP contribution in [0, 0.1) is 6.92 Å². The highest BCUT2D eigenvalue weighted by atomic mass is 16.2. The zero-order valence-corrected chi connectivity index (χ0v) is 14.7. The molecule has 0 radical (unpaired) electrons. The maximum absolute atomic E-state index is 12.3. The van der Waals surface area contributed by atoms with Gasteiger partial charge in [0.2, 0.25) is 17.7 Å². The minimum atomic E-state index is -0.152. The van der Waals surface area contributed by atoms with Gasteiger partial charge < -0.3 is 4.90 Å². The van der Waals surface area contributed by atoms with Gasteiger partial charge in [-0.05, 0) is 18.1 Å². The fourth-order valence-electron chi connectivity index (χ4n) is 3.42. The van der Waals surface area contributed by atoms with Crippen LogP contribution in [-0.4, -0.2) is 65.1 Å². The van der Waals surface area contributed by atoms with Crippen LogP contribution in [0.5, 0.6) is 0 Å². The molecule has 2 saturated heterocycles. The second-order valence-corrected chi connectivity index (χ2v) is 6.77. The van der Waals surface area contributed by atoms with E-state index in [1.54, 1.807) is 0 Å². The molecule has 0 unspecified atom stereocenters. The van der Waals surface area contributed by atoms with Crippen molar-refractivity contribution in [3.05, 3.63) is 35.4 Å². The maximum Gasteiger partial charge on any atom is 0.229 e. The van der Waals surface area contributed by atoms with E-state index >= 15 is 0 Å². The Labute approximate surface area is 148 Å². The number of imide groups is 1. The van der Waals surface area contributed by atoms with Crippen molar-refractivity contribution < 1.29 is 14.4 Å². The lowest BCUT2D eigenvalue weighted by Gasteiger charge is -2.35. The largest absolute Gasteiger partial charge is 0.340 e. The third-order valence-electron chi connectivity index (χ3n) is 5.08. The summed E-state index contributed by atoms with van der Waals surface area (Å²) in [6.45, 7) is 6.35. The number of amides is 3. The molecule has 134 valence electrons. The molecule has 0 aliphatic carbocycles. The van der Waals surface area contributed by atoms with Crippen molar-refractivity contribution in [1.82, 2.24) is 14.7 Å². The van der Waals surface area contributed by atoms with E-state index in [9.17, 15) is 14.4 Å². The van der Waals surface area contributed by atoms with Gasteiger partial charge in [0, 0.05) is 58.5 Å². The maximum atomic E-state index is 12.3. The summed E-state index contributed by atoms with van der Waals surface area (Å²) >= 11 is 0. The van der Waals surface area contributed by atoms with Crippen molar-refractivity contribution in [2.45, 2.75) is 32.7 Å². The lowest BCUT2D eigenvalue weighted by molar-refractivity contribution is -0.139. The molecular formula is C19H25N3O3. The quantitative estimate of drug-likeness (QED) is 0.753. The molecule has 6 heteroatoms. The van der Waals surface area contributed by atoms with Crippen LogP contribution in [-0.2, 0) is 20.9 Å². The first kappa shape index (κ1) is 17.6. The Bertz CT molecular complexity index is 650. The molecule has 0 aromatic heterocycles. The second kappa shape index (κ2) is 7.78. The first-order chi connectivity index (χ1) is 12.0. The monoisotopic (exact) mass is 343 g/mol. The molecule has 3 amide bonds. The molecule has 1 aromatic rings. The molecule has 3 rings (SSSR count). The molecule has 0 atom stereocenters. The Kier molecular flexibility index (Phi) is 5.48. The number of likely N-dealkylation sites (tertiary alicyclic amines) is 1. The smallest absolute Gasteiger partial charge is 0.229 e. The highest BCUT2D eigenvalue weighted by molar-refractivity contribution is 6.02. The molecule has 0 bridgehead atoms. The highest BCUT2D eigenvalue weighted by Gasteiger charge is 2.30. The predicted molar refractivity (Wildman–Crippen MR) is 93.6 cm³/mol. The molecule has 0 spiro atoms. The van der Waals surface area contributed by atoms with E-state index in [0.29, 0.717) is 13.1 Å². The molecule has 25 heavy (non-hydrogen) atoms.